The number of aromatic nitrogens is 1. The number of amides is 1. The molecule has 0 aromatic carbocycles. The van der Waals surface area contributed by atoms with Gasteiger partial charge in [0.05, 0.1) is 11.1 Å². The first-order valence-corrected chi connectivity index (χ1v) is 9.95. The van der Waals surface area contributed by atoms with Crippen LogP contribution in [0.1, 0.15) is 43.5 Å². The number of hydrogen-bond donors (Lipinski definition) is 0. The van der Waals surface area contributed by atoms with Crippen LogP contribution in [-0.2, 0) is 11.2 Å². The van der Waals surface area contributed by atoms with Crippen LogP contribution in [0.4, 0.5) is 0 Å². The zero-order valence-electron chi connectivity index (χ0n) is 14.2. The van der Waals surface area contributed by atoms with Gasteiger partial charge in [-0.2, -0.15) is 5.26 Å². The first-order valence-electron chi connectivity index (χ1n) is 9.08. The Morgan fingerprint density at radius 1 is 1.29 bits per heavy atom. The van der Waals surface area contributed by atoms with Gasteiger partial charge in [0.2, 0.25) is 5.91 Å². The third kappa shape index (κ3) is 4.34. The van der Waals surface area contributed by atoms with Crippen LogP contribution >= 0.6 is 11.3 Å². The highest BCUT2D eigenvalue weighted by Crippen LogP contribution is 2.29. The van der Waals surface area contributed by atoms with Crippen LogP contribution in [-0.4, -0.2) is 52.9 Å². The Hall–Kier alpha value is -1.45. The maximum Gasteiger partial charge on any atom is 0.223 e. The lowest BCUT2D eigenvalue weighted by Crippen LogP contribution is -2.53. The summed E-state index contributed by atoms with van der Waals surface area (Å²) in [7, 11) is 0. The van der Waals surface area contributed by atoms with E-state index in [9.17, 15) is 10.1 Å². The zero-order valence-corrected chi connectivity index (χ0v) is 15.0. The second-order valence-electron chi connectivity index (χ2n) is 6.81. The van der Waals surface area contributed by atoms with E-state index in [1.54, 1.807) is 17.5 Å². The van der Waals surface area contributed by atoms with Gasteiger partial charge in [-0.1, -0.05) is 19.3 Å². The molecule has 1 aliphatic carbocycles. The van der Waals surface area contributed by atoms with E-state index in [-0.39, 0.29) is 11.9 Å². The molecular weight excluding hydrogens is 320 g/mol. The molecule has 3 rings (SSSR count). The molecule has 130 valence electrons. The molecule has 5 nitrogen and oxygen atoms in total. The lowest BCUT2D eigenvalue weighted by Gasteiger charge is -2.40. The third-order valence-electron chi connectivity index (χ3n) is 5.33. The average Bonchev–Trinajstić information content (AvgIpc) is 3.15. The molecule has 1 saturated carbocycles. The van der Waals surface area contributed by atoms with Crippen LogP contribution in [0.2, 0.25) is 0 Å². The molecule has 1 atom stereocenters. The quantitative estimate of drug-likeness (QED) is 0.822. The van der Waals surface area contributed by atoms with Crippen molar-refractivity contribution in [2.75, 3.05) is 26.2 Å². The van der Waals surface area contributed by atoms with Crippen molar-refractivity contribution in [2.45, 2.75) is 51.0 Å². The molecule has 6 heteroatoms. The molecule has 0 spiro atoms. The molecule has 1 aromatic rings. The minimum Gasteiger partial charge on any atom is -0.340 e. The lowest BCUT2D eigenvalue weighted by molar-refractivity contribution is -0.133. The Kier molecular flexibility index (Phi) is 6.22. The first-order chi connectivity index (χ1) is 11.8. The molecule has 0 radical (unpaired) electrons. The molecule has 2 heterocycles. The fourth-order valence-corrected chi connectivity index (χ4v) is 4.55. The molecule has 2 aliphatic rings. The first kappa shape index (κ1) is 17.4. The van der Waals surface area contributed by atoms with Crippen LogP contribution in [0.25, 0.3) is 0 Å². The fraction of sp³-hybridized carbons (Fsp3) is 0.722. The van der Waals surface area contributed by atoms with Gasteiger partial charge in [0.25, 0.3) is 0 Å². The summed E-state index contributed by atoms with van der Waals surface area (Å²) >= 11 is 1.61. The van der Waals surface area contributed by atoms with Crippen molar-refractivity contribution in [3.8, 4) is 6.07 Å². The van der Waals surface area contributed by atoms with Gasteiger partial charge in [-0.3, -0.25) is 9.69 Å². The molecule has 2 fully saturated rings. The number of aryl methyl sites for hydroxylation is 1. The van der Waals surface area contributed by atoms with E-state index in [1.807, 2.05) is 10.3 Å². The summed E-state index contributed by atoms with van der Waals surface area (Å²) in [5.41, 5.74) is 0. The van der Waals surface area contributed by atoms with Crippen molar-refractivity contribution < 1.29 is 4.79 Å². The van der Waals surface area contributed by atoms with E-state index in [0.29, 0.717) is 12.3 Å². The van der Waals surface area contributed by atoms with Crippen molar-refractivity contribution in [2.24, 2.45) is 5.92 Å². The van der Waals surface area contributed by atoms with E-state index in [1.165, 1.54) is 32.1 Å². The van der Waals surface area contributed by atoms with Gasteiger partial charge in [-0.05, 0) is 18.8 Å². The van der Waals surface area contributed by atoms with Crippen LogP contribution < -0.4 is 0 Å². The topological polar surface area (TPSA) is 60.2 Å². The Balaban J connectivity index is 1.45. The van der Waals surface area contributed by atoms with Crippen LogP contribution in [0.15, 0.2) is 11.6 Å². The monoisotopic (exact) mass is 346 g/mol. The Bertz CT molecular complexity index is 554. The molecular formula is C18H26N4OS. The predicted molar refractivity (Wildman–Crippen MR) is 94.6 cm³/mol. The standard InChI is InChI=1S/C18H26N4OS/c19-14-16(15-4-2-1-3-5-15)21-9-11-22(12-10-21)18(23)7-6-17-20-8-13-24-17/h8,13,15-16H,1-7,9-12H2/t16-/m0/s1. The Labute approximate surface area is 148 Å². The molecule has 24 heavy (non-hydrogen) atoms. The highest BCUT2D eigenvalue weighted by atomic mass is 32.1. The molecule has 1 aliphatic heterocycles. The summed E-state index contributed by atoms with van der Waals surface area (Å²) in [6.45, 7) is 3.17. The van der Waals surface area contributed by atoms with E-state index in [4.69, 9.17) is 0 Å². The van der Waals surface area contributed by atoms with Gasteiger partial charge in [0, 0.05) is 50.6 Å². The molecule has 1 amide bonds. The molecule has 1 saturated heterocycles. The van der Waals surface area contributed by atoms with Crippen molar-refractivity contribution >= 4 is 17.2 Å². The van der Waals surface area contributed by atoms with Crippen LogP contribution in [0.3, 0.4) is 0 Å². The second-order valence-corrected chi connectivity index (χ2v) is 7.79. The number of nitriles is 1. The predicted octanol–water partition coefficient (Wildman–Crippen LogP) is 2.69. The number of piperazine rings is 1. The summed E-state index contributed by atoms with van der Waals surface area (Å²) in [5, 5.41) is 12.6. The van der Waals surface area contributed by atoms with E-state index in [0.717, 1.165) is 37.6 Å². The lowest BCUT2D eigenvalue weighted by atomic mass is 9.83. The maximum atomic E-state index is 12.4. The number of thiazole rings is 1. The van der Waals surface area contributed by atoms with E-state index in [2.05, 4.69) is 16.0 Å². The normalized spacial score (nSPS) is 21.4. The van der Waals surface area contributed by atoms with Gasteiger partial charge in [0.1, 0.15) is 6.04 Å². The summed E-state index contributed by atoms with van der Waals surface area (Å²) in [6, 6.07) is 2.58. The highest BCUT2D eigenvalue weighted by molar-refractivity contribution is 7.09. The fourth-order valence-electron chi connectivity index (χ4n) is 3.93. The Morgan fingerprint density at radius 3 is 2.67 bits per heavy atom. The minimum absolute atomic E-state index is 0.0397. The largest absolute Gasteiger partial charge is 0.340 e. The van der Waals surface area contributed by atoms with Crippen LogP contribution in [0, 0.1) is 17.2 Å². The van der Waals surface area contributed by atoms with Crippen LogP contribution in [0.5, 0.6) is 0 Å². The van der Waals surface area contributed by atoms with E-state index < -0.39 is 0 Å². The van der Waals surface area contributed by atoms with Crippen molar-refractivity contribution in [3.05, 3.63) is 16.6 Å². The smallest absolute Gasteiger partial charge is 0.223 e. The molecule has 0 N–H and O–H groups in total. The minimum atomic E-state index is 0.0397. The molecule has 0 unspecified atom stereocenters. The number of carbonyl (C=O) groups excluding carboxylic acids is 1. The Morgan fingerprint density at radius 2 is 2.04 bits per heavy atom. The zero-order chi connectivity index (χ0) is 16.8. The summed E-state index contributed by atoms with van der Waals surface area (Å²) in [6.07, 6.45) is 9.27. The van der Waals surface area contributed by atoms with E-state index >= 15 is 0 Å². The average molecular weight is 347 g/mol. The highest BCUT2D eigenvalue weighted by Gasteiger charge is 2.31. The van der Waals surface area contributed by atoms with Gasteiger partial charge in [-0.25, -0.2) is 4.98 Å². The van der Waals surface area contributed by atoms with Gasteiger partial charge < -0.3 is 4.90 Å². The SMILES string of the molecule is N#C[C@@H](C1CCCCC1)N1CCN(C(=O)CCc2nccs2)CC1. The summed E-state index contributed by atoms with van der Waals surface area (Å²) in [5.74, 6) is 0.743. The maximum absolute atomic E-state index is 12.4. The molecule has 0 bridgehead atoms. The van der Waals surface area contributed by atoms with Gasteiger partial charge in [-0.15, -0.1) is 11.3 Å². The second kappa shape index (κ2) is 8.59. The third-order valence-corrected chi connectivity index (χ3v) is 6.16. The van der Waals surface area contributed by atoms with Crippen molar-refractivity contribution in [1.29, 1.82) is 5.26 Å². The van der Waals surface area contributed by atoms with Crippen molar-refractivity contribution in [1.82, 2.24) is 14.8 Å². The van der Waals surface area contributed by atoms with Crippen molar-refractivity contribution in [3.63, 3.8) is 0 Å². The molecule has 1 aromatic heterocycles. The summed E-state index contributed by atoms with van der Waals surface area (Å²) in [4.78, 5) is 20.9. The van der Waals surface area contributed by atoms with Gasteiger partial charge >= 0.3 is 0 Å². The number of rotatable bonds is 5. The number of hydrogen-bond acceptors (Lipinski definition) is 5. The van der Waals surface area contributed by atoms with Gasteiger partial charge in [0.15, 0.2) is 0 Å². The number of nitrogens with zero attached hydrogens (tertiary/aromatic N) is 4. The number of carbonyl (C=O) groups is 1. The summed E-state index contributed by atoms with van der Waals surface area (Å²) < 4.78 is 0.